The van der Waals surface area contributed by atoms with Crippen molar-refractivity contribution >= 4 is 21.6 Å². The minimum atomic E-state index is -0.204. The Labute approximate surface area is 124 Å². The van der Waals surface area contributed by atoms with Crippen LogP contribution < -0.4 is 10.3 Å². The molecule has 0 radical (unpaired) electrons. The van der Waals surface area contributed by atoms with Gasteiger partial charge in [0.25, 0.3) is 5.56 Å². The highest BCUT2D eigenvalue weighted by molar-refractivity contribution is 7.17. The lowest BCUT2D eigenvalue weighted by Gasteiger charge is -2.09. The fraction of sp³-hybridized carbons (Fsp3) is 0.214. The van der Waals surface area contributed by atoms with Gasteiger partial charge in [0.15, 0.2) is 0 Å². The van der Waals surface area contributed by atoms with Gasteiger partial charge >= 0.3 is 0 Å². The number of H-pyrrole nitrogens is 1. The van der Waals surface area contributed by atoms with Gasteiger partial charge in [-0.05, 0) is 30.5 Å². The Hall–Kier alpha value is -2.25. The molecule has 0 saturated heterocycles. The summed E-state index contributed by atoms with van der Waals surface area (Å²) in [5.74, 6) is 0.923. The summed E-state index contributed by atoms with van der Waals surface area (Å²) >= 11 is 1.35. The number of aliphatic hydroxyl groups is 1. The van der Waals surface area contributed by atoms with E-state index in [1.54, 1.807) is 18.2 Å². The van der Waals surface area contributed by atoms with E-state index in [9.17, 15) is 9.90 Å². The number of aryl methyl sites for hydroxylation is 1. The monoisotopic (exact) mass is 303 g/mol. The summed E-state index contributed by atoms with van der Waals surface area (Å²) in [5.41, 5.74) is 1.76. The molecule has 0 unspecified atom stereocenters. The molecule has 3 aromatic rings. The molecular formula is C14H13N3O3S. The minimum absolute atomic E-state index is 0.110. The largest absolute Gasteiger partial charge is 0.484 e. The van der Waals surface area contributed by atoms with Gasteiger partial charge in [-0.25, -0.2) is 4.98 Å². The van der Waals surface area contributed by atoms with Gasteiger partial charge < -0.3 is 14.8 Å². The highest BCUT2D eigenvalue weighted by atomic mass is 32.1. The van der Waals surface area contributed by atoms with E-state index in [-0.39, 0.29) is 18.8 Å². The number of ether oxygens (including phenoxy) is 1. The second kappa shape index (κ2) is 5.63. The summed E-state index contributed by atoms with van der Waals surface area (Å²) < 4.78 is 6.20. The molecule has 0 amide bonds. The van der Waals surface area contributed by atoms with Crippen LogP contribution in [0.3, 0.4) is 0 Å². The molecule has 0 aliphatic rings. The number of aromatic nitrogens is 3. The van der Waals surface area contributed by atoms with Crippen LogP contribution >= 0.6 is 11.3 Å². The van der Waals surface area contributed by atoms with Crippen molar-refractivity contribution in [3.8, 4) is 5.75 Å². The van der Waals surface area contributed by atoms with Crippen LogP contribution in [-0.2, 0) is 13.2 Å². The molecule has 0 aliphatic carbocycles. The fourth-order valence-electron chi connectivity index (χ4n) is 1.98. The zero-order valence-electron chi connectivity index (χ0n) is 11.3. The van der Waals surface area contributed by atoms with E-state index < -0.39 is 0 Å². The van der Waals surface area contributed by atoms with Crippen LogP contribution in [0.15, 0.2) is 28.4 Å². The maximum Gasteiger partial charge on any atom is 0.268 e. The molecule has 3 heterocycles. The molecule has 0 spiro atoms. The second-order valence-electron chi connectivity index (χ2n) is 4.49. The SMILES string of the molecule is Cc1ccc(OCc2nc3ccsc3c(=O)[nH]2)c(CO)n1. The average Bonchev–Trinajstić information content (AvgIpc) is 2.94. The molecule has 0 fully saturated rings. The number of aromatic amines is 1. The number of rotatable bonds is 4. The number of thiophene rings is 1. The molecule has 0 aliphatic heterocycles. The molecule has 3 rings (SSSR count). The zero-order valence-corrected chi connectivity index (χ0v) is 12.1. The number of aliphatic hydroxyl groups excluding tert-OH is 1. The van der Waals surface area contributed by atoms with Gasteiger partial charge in [0.1, 0.15) is 28.6 Å². The molecule has 7 heteroatoms. The van der Waals surface area contributed by atoms with Gasteiger partial charge in [-0.1, -0.05) is 0 Å². The molecule has 0 aromatic carbocycles. The lowest BCUT2D eigenvalue weighted by Crippen LogP contribution is -2.12. The third-order valence-corrected chi connectivity index (χ3v) is 3.85. The quantitative estimate of drug-likeness (QED) is 0.766. The predicted octanol–water partition coefficient (Wildman–Crippen LogP) is 1.76. The van der Waals surface area contributed by atoms with E-state index in [0.29, 0.717) is 27.5 Å². The van der Waals surface area contributed by atoms with Crippen LogP contribution in [0.25, 0.3) is 10.2 Å². The molecule has 3 aromatic heterocycles. The van der Waals surface area contributed by atoms with Crippen LogP contribution in [0, 0.1) is 6.92 Å². The van der Waals surface area contributed by atoms with Crippen molar-refractivity contribution in [1.82, 2.24) is 15.0 Å². The maximum atomic E-state index is 11.8. The number of hydrogen-bond acceptors (Lipinski definition) is 6. The Morgan fingerprint density at radius 2 is 2.19 bits per heavy atom. The Kier molecular flexibility index (Phi) is 3.68. The topological polar surface area (TPSA) is 88.1 Å². The smallest absolute Gasteiger partial charge is 0.268 e. The van der Waals surface area contributed by atoms with Crippen molar-refractivity contribution in [3.05, 3.63) is 51.1 Å². The summed E-state index contributed by atoms with van der Waals surface area (Å²) in [4.78, 5) is 23.1. The second-order valence-corrected chi connectivity index (χ2v) is 5.41. The molecule has 2 N–H and O–H groups in total. The first kappa shape index (κ1) is 13.7. The molecule has 0 atom stereocenters. The van der Waals surface area contributed by atoms with Crippen LogP contribution in [-0.4, -0.2) is 20.1 Å². The van der Waals surface area contributed by atoms with Gasteiger partial charge in [0, 0.05) is 5.69 Å². The van der Waals surface area contributed by atoms with E-state index >= 15 is 0 Å². The standard InChI is InChI=1S/C14H13N3O3S/c1-8-2-3-11(10(6-18)15-8)20-7-12-16-9-4-5-21-13(9)14(19)17-12/h2-5,18H,6-7H2,1H3,(H,16,17,19). The lowest BCUT2D eigenvalue weighted by molar-refractivity contribution is 0.250. The summed E-state index contributed by atoms with van der Waals surface area (Å²) in [5, 5.41) is 11.1. The molecule has 0 saturated carbocycles. The normalized spacial score (nSPS) is 11.0. The molecule has 0 bridgehead atoms. The minimum Gasteiger partial charge on any atom is -0.484 e. The number of hydrogen-bond donors (Lipinski definition) is 2. The number of nitrogens with zero attached hydrogens (tertiary/aromatic N) is 2. The van der Waals surface area contributed by atoms with Crippen LogP contribution in [0.5, 0.6) is 5.75 Å². The molecular weight excluding hydrogens is 290 g/mol. The molecule has 21 heavy (non-hydrogen) atoms. The van der Waals surface area contributed by atoms with Crippen LogP contribution in [0.2, 0.25) is 0 Å². The highest BCUT2D eigenvalue weighted by Crippen LogP contribution is 2.18. The van der Waals surface area contributed by atoms with Crippen LogP contribution in [0.1, 0.15) is 17.2 Å². The third kappa shape index (κ3) is 2.79. The van der Waals surface area contributed by atoms with Gasteiger partial charge in [-0.2, -0.15) is 0 Å². The van der Waals surface area contributed by atoms with Gasteiger partial charge in [0.2, 0.25) is 0 Å². The van der Waals surface area contributed by atoms with E-state index in [0.717, 1.165) is 5.69 Å². The molecule has 6 nitrogen and oxygen atoms in total. The van der Waals surface area contributed by atoms with Crippen molar-refractivity contribution < 1.29 is 9.84 Å². The first-order chi connectivity index (χ1) is 10.2. The maximum absolute atomic E-state index is 11.8. The van der Waals surface area contributed by atoms with Gasteiger partial charge in [0.05, 0.1) is 12.1 Å². The van der Waals surface area contributed by atoms with Crippen molar-refractivity contribution in [2.45, 2.75) is 20.1 Å². The van der Waals surface area contributed by atoms with Crippen molar-refractivity contribution in [2.75, 3.05) is 0 Å². The predicted molar refractivity (Wildman–Crippen MR) is 79.5 cm³/mol. The first-order valence-corrected chi connectivity index (χ1v) is 7.22. The molecule has 108 valence electrons. The van der Waals surface area contributed by atoms with Crippen molar-refractivity contribution in [3.63, 3.8) is 0 Å². The zero-order chi connectivity index (χ0) is 14.8. The number of nitrogens with one attached hydrogen (secondary N) is 1. The Balaban J connectivity index is 1.85. The van der Waals surface area contributed by atoms with E-state index in [2.05, 4.69) is 15.0 Å². The third-order valence-electron chi connectivity index (χ3n) is 2.95. The lowest BCUT2D eigenvalue weighted by atomic mass is 10.3. The average molecular weight is 303 g/mol. The summed E-state index contributed by atoms with van der Waals surface area (Å²) in [6.07, 6.45) is 0. The summed E-state index contributed by atoms with van der Waals surface area (Å²) in [6.45, 7) is 1.75. The number of pyridine rings is 1. The van der Waals surface area contributed by atoms with Crippen molar-refractivity contribution in [2.24, 2.45) is 0 Å². The van der Waals surface area contributed by atoms with E-state index in [4.69, 9.17) is 4.74 Å². The number of fused-ring (bicyclic) bond motifs is 1. The van der Waals surface area contributed by atoms with E-state index in [1.165, 1.54) is 11.3 Å². The fourth-order valence-corrected chi connectivity index (χ4v) is 2.70. The van der Waals surface area contributed by atoms with Crippen molar-refractivity contribution in [1.29, 1.82) is 0 Å². The Bertz CT molecular complexity index is 841. The summed E-state index contributed by atoms with van der Waals surface area (Å²) in [6, 6.07) is 5.34. The summed E-state index contributed by atoms with van der Waals surface area (Å²) in [7, 11) is 0. The Morgan fingerprint density at radius 3 is 3.00 bits per heavy atom. The van der Waals surface area contributed by atoms with Crippen LogP contribution in [0.4, 0.5) is 0 Å². The first-order valence-electron chi connectivity index (χ1n) is 6.34. The van der Waals surface area contributed by atoms with E-state index in [1.807, 2.05) is 12.3 Å². The highest BCUT2D eigenvalue weighted by Gasteiger charge is 2.08. The van der Waals surface area contributed by atoms with Gasteiger partial charge in [-0.3, -0.25) is 9.78 Å². The Morgan fingerprint density at radius 1 is 1.33 bits per heavy atom. The van der Waals surface area contributed by atoms with Gasteiger partial charge in [-0.15, -0.1) is 11.3 Å².